The molecule has 0 fully saturated rings. The monoisotopic (exact) mass is 272 g/mol. The van der Waals surface area contributed by atoms with E-state index in [1.165, 1.54) is 44.9 Å². The largest absolute Gasteiger partial charge is 0.352 e. The quantitative estimate of drug-likeness (QED) is 0.391. The summed E-state index contributed by atoms with van der Waals surface area (Å²) in [6.07, 6.45) is 9.21. The molecule has 0 radical (unpaired) electrons. The molecule has 2 heteroatoms. The standard InChI is InChI=1S/C17H36O2/c1-8-9-10-11-12-13-14-15(2)17(18-6,19-7)16(3,4)5/h15H,8-14H2,1-7H3. The van der Waals surface area contributed by atoms with Gasteiger partial charge in [0.05, 0.1) is 0 Å². The maximum absolute atomic E-state index is 5.79. The van der Waals surface area contributed by atoms with Crippen molar-refractivity contribution in [2.75, 3.05) is 14.2 Å². The van der Waals surface area contributed by atoms with E-state index in [-0.39, 0.29) is 5.41 Å². The van der Waals surface area contributed by atoms with Crippen molar-refractivity contribution >= 4 is 0 Å². The number of rotatable bonds is 10. The van der Waals surface area contributed by atoms with Gasteiger partial charge in [-0.05, 0) is 6.42 Å². The second-order valence-electron chi connectivity index (χ2n) is 6.78. The summed E-state index contributed by atoms with van der Waals surface area (Å²) < 4.78 is 11.6. The molecule has 0 aromatic rings. The van der Waals surface area contributed by atoms with Crippen LogP contribution in [0.4, 0.5) is 0 Å². The predicted molar refractivity (Wildman–Crippen MR) is 83.4 cm³/mol. The Bertz CT molecular complexity index is 214. The molecule has 19 heavy (non-hydrogen) atoms. The van der Waals surface area contributed by atoms with Crippen LogP contribution in [0.2, 0.25) is 0 Å². The Morgan fingerprint density at radius 3 is 1.74 bits per heavy atom. The Morgan fingerprint density at radius 1 is 0.842 bits per heavy atom. The number of methoxy groups -OCH3 is 2. The maximum Gasteiger partial charge on any atom is 0.174 e. The average molecular weight is 272 g/mol. The van der Waals surface area contributed by atoms with Crippen molar-refractivity contribution in [2.45, 2.75) is 85.4 Å². The number of unbranched alkanes of at least 4 members (excludes halogenated alkanes) is 5. The van der Waals surface area contributed by atoms with E-state index < -0.39 is 5.79 Å². The molecule has 0 N–H and O–H groups in total. The van der Waals surface area contributed by atoms with Crippen LogP contribution in [0.1, 0.15) is 79.6 Å². The summed E-state index contributed by atoms with van der Waals surface area (Å²) in [5, 5.41) is 0. The SMILES string of the molecule is CCCCCCCCC(C)C(OC)(OC)C(C)(C)C. The van der Waals surface area contributed by atoms with Gasteiger partial charge in [-0.25, -0.2) is 0 Å². The molecule has 0 aliphatic heterocycles. The fraction of sp³-hybridized carbons (Fsp3) is 1.00. The lowest BCUT2D eigenvalue weighted by atomic mass is 9.76. The molecule has 0 saturated carbocycles. The molecule has 0 aliphatic carbocycles. The van der Waals surface area contributed by atoms with Gasteiger partial charge in [-0.1, -0.05) is 73.1 Å². The highest BCUT2D eigenvalue weighted by molar-refractivity contribution is 4.88. The predicted octanol–water partition coefficient (Wildman–Crippen LogP) is 5.41. The third-order valence-corrected chi connectivity index (χ3v) is 4.29. The summed E-state index contributed by atoms with van der Waals surface area (Å²) in [6.45, 7) is 11.1. The molecule has 1 atom stereocenters. The first-order valence-electron chi connectivity index (χ1n) is 7.96. The van der Waals surface area contributed by atoms with Gasteiger partial charge in [0.1, 0.15) is 0 Å². The Hall–Kier alpha value is -0.0800. The van der Waals surface area contributed by atoms with Crippen LogP contribution >= 0.6 is 0 Å². The van der Waals surface area contributed by atoms with Crippen LogP contribution in [0.3, 0.4) is 0 Å². The summed E-state index contributed by atoms with van der Waals surface area (Å²) in [4.78, 5) is 0. The lowest BCUT2D eigenvalue weighted by Gasteiger charge is -2.46. The van der Waals surface area contributed by atoms with Gasteiger partial charge >= 0.3 is 0 Å². The van der Waals surface area contributed by atoms with E-state index in [2.05, 4.69) is 34.6 Å². The van der Waals surface area contributed by atoms with E-state index in [9.17, 15) is 0 Å². The zero-order chi connectivity index (χ0) is 14.9. The van der Waals surface area contributed by atoms with Crippen LogP contribution in [0, 0.1) is 11.3 Å². The van der Waals surface area contributed by atoms with Crippen molar-refractivity contribution < 1.29 is 9.47 Å². The second-order valence-corrected chi connectivity index (χ2v) is 6.78. The normalized spacial score (nSPS) is 14.7. The molecule has 0 amide bonds. The van der Waals surface area contributed by atoms with Crippen molar-refractivity contribution in [2.24, 2.45) is 11.3 Å². The van der Waals surface area contributed by atoms with Gasteiger partial charge in [-0.3, -0.25) is 0 Å². The molecular weight excluding hydrogens is 236 g/mol. The summed E-state index contributed by atoms with van der Waals surface area (Å²) in [6, 6.07) is 0. The highest BCUT2D eigenvalue weighted by Crippen LogP contribution is 2.42. The first-order chi connectivity index (χ1) is 8.85. The van der Waals surface area contributed by atoms with Crippen LogP contribution < -0.4 is 0 Å². The molecule has 0 heterocycles. The van der Waals surface area contributed by atoms with Crippen LogP contribution in [-0.2, 0) is 9.47 Å². The minimum atomic E-state index is -0.476. The molecular formula is C17H36O2. The molecule has 0 spiro atoms. The van der Waals surface area contributed by atoms with E-state index in [1.54, 1.807) is 14.2 Å². The fourth-order valence-corrected chi connectivity index (χ4v) is 3.26. The molecule has 1 unspecified atom stereocenters. The second kappa shape index (κ2) is 8.97. The summed E-state index contributed by atoms with van der Waals surface area (Å²) in [5.74, 6) is -0.0650. The van der Waals surface area contributed by atoms with Crippen molar-refractivity contribution in [1.82, 2.24) is 0 Å². The van der Waals surface area contributed by atoms with Crippen molar-refractivity contribution in [3.05, 3.63) is 0 Å². The minimum absolute atomic E-state index is 0.0157. The number of ether oxygens (including phenoxy) is 2. The molecule has 0 rings (SSSR count). The van der Waals surface area contributed by atoms with E-state index >= 15 is 0 Å². The van der Waals surface area contributed by atoms with E-state index in [4.69, 9.17) is 9.47 Å². The summed E-state index contributed by atoms with van der Waals surface area (Å²) >= 11 is 0. The highest BCUT2D eigenvalue weighted by atomic mass is 16.7. The molecule has 0 aromatic carbocycles. The lowest BCUT2D eigenvalue weighted by Crippen LogP contribution is -2.51. The smallest absolute Gasteiger partial charge is 0.174 e. The molecule has 0 bridgehead atoms. The lowest BCUT2D eigenvalue weighted by molar-refractivity contribution is -0.292. The van der Waals surface area contributed by atoms with Crippen molar-refractivity contribution in [3.8, 4) is 0 Å². The van der Waals surface area contributed by atoms with Crippen LogP contribution in [0.15, 0.2) is 0 Å². The zero-order valence-corrected chi connectivity index (χ0v) is 14.3. The van der Waals surface area contributed by atoms with Gasteiger partial charge in [0.15, 0.2) is 5.79 Å². The average Bonchev–Trinajstić information content (AvgIpc) is 2.34. The van der Waals surface area contributed by atoms with Crippen molar-refractivity contribution in [1.29, 1.82) is 0 Å². The molecule has 0 saturated heterocycles. The highest BCUT2D eigenvalue weighted by Gasteiger charge is 2.46. The number of hydrogen-bond acceptors (Lipinski definition) is 2. The van der Waals surface area contributed by atoms with Gasteiger partial charge in [0.25, 0.3) is 0 Å². The molecule has 2 nitrogen and oxygen atoms in total. The van der Waals surface area contributed by atoms with Gasteiger partial charge in [-0.2, -0.15) is 0 Å². The van der Waals surface area contributed by atoms with Gasteiger partial charge in [-0.15, -0.1) is 0 Å². The topological polar surface area (TPSA) is 18.5 Å². The minimum Gasteiger partial charge on any atom is -0.352 e. The van der Waals surface area contributed by atoms with E-state index in [0.29, 0.717) is 5.92 Å². The van der Waals surface area contributed by atoms with E-state index in [1.807, 2.05) is 0 Å². The Labute approximate surface area is 121 Å². The first-order valence-corrected chi connectivity index (χ1v) is 7.96. The van der Waals surface area contributed by atoms with E-state index in [0.717, 1.165) is 0 Å². The summed E-state index contributed by atoms with van der Waals surface area (Å²) in [5.41, 5.74) is -0.0157. The van der Waals surface area contributed by atoms with Crippen LogP contribution in [0.5, 0.6) is 0 Å². The van der Waals surface area contributed by atoms with Crippen LogP contribution in [0.25, 0.3) is 0 Å². The first kappa shape index (κ1) is 18.9. The zero-order valence-electron chi connectivity index (χ0n) is 14.3. The molecule has 0 aliphatic rings. The van der Waals surface area contributed by atoms with Crippen molar-refractivity contribution in [3.63, 3.8) is 0 Å². The molecule has 0 aromatic heterocycles. The Balaban J connectivity index is 4.24. The molecule has 116 valence electrons. The fourth-order valence-electron chi connectivity index (χ4n) is 3.26. The van der Waals surface area contributed by atoms with Gasteiger partial charge in [0, 0.05) is 25.6 Å². The Morgan fingerprint density at radius 2 is 1.32 bits per heavy atom. The van der Waals surface area contributed by atoms with Gasteiger partial charge in [0.2, 0.25) is 0 Å². The summed E-state index contributed by atoms with van der Waals surface area (Å²) in [7, 11) is 3.54. The van der Waals surface area contributed by atoms with Gasteiger partial charge < -0.3 is 9.47 Å². The Kier molecular flexibility index (Phi) is 8.93. The number of hydrogen-bond donors (Lipinski definition) is 0. The third-order valence-electron chi connectivity index (χ3n) is 4.29. The van der Waals surface area contributed by atoms with Crippen LogP contribution in [-0.4, -0.2) is 20.0 Å². The third kappa shape index (κ3) is 5.43. The maximum atomic E-state index is 5.79.